The average Bonchev–Trinajstić information content (AvgIpc) is 2.41. The van der Waals surface area contributed by atoms with Gasteiger partial charge in [-0.3, -0.25) is 0 Å². The minimum atomic E-state index is 0.769. The maximum absolute atomic E-state index is 5.85. The maximum atomic E-state index is 5.85. The van der Waals surface area contributed by atoms with Crippen LogP contribution in [0.3, 0.4) is 0 Å². The summed E-state index contributed by atoms with van der Waals surface area (Å²) in [5.74, 6) is 0. The molecule has 2 aromatic rings. The summed E-state index contributed by atoms with van der Waals surface area (Å²) in [6.45, 7) is 3.99. The zero-order valence-corrected chi connectivity index (χ0v) is 7.20. The van der Waals surface area contributed by atoms with Crippen LogP contribution >= 0.6 is 0 Å². The van der Waals surface area contributed by atoms with Gasteiger partial charge in [0, 0.05) is 18.1 Å². The van der Waals surface area contributed by atoms with Crippen LogP contribution in [0, 0.1) is 13.8 Å². The van der Waals surface area contributed by atoms with E-state index in [1.54, 1.807) is 0 Å². The summed E-state index contributed by atoms with van der Waals surface area (Å²) in [7, 11) is 0. The monoisotopic (exact) mass is 161 g/mol. The fourth-order valence-electron chi connectivity index (χ4n) is 1.29. The van der Waals surface area contributed by atoms with Crippen molar-refractivity contribution in [3.8, 4) is 0 Å². The van der Waals surface area contributed by atoms with Crippen LogP contribution in [0.25, 0.3) is 5.65 Å². The number of hydrogen-bond donors (Lipinski definition) is 1. The molecule has 0 spiro atoms. The summed E-state index contributed by atoms with van der Waals surface area (Å²) in [5.41, 5.74) is 9.66. The van der Waals surface area contributed by atoms with Crippen molar-refractivity contribution in [2.24, 2.45) is 0 Å². The molecule has 0 radical (unpaired) electrons. The van der Waals surface area contributed by atoms with Crippen LogP contribution in [0.5, 0.6) is 0 Å². The lowest BCUT2D eigenvalue weighted by Gasteiger charge is -2.02. The second-order valence-electron chi connectivity index (χ2n) is 3.01. The molecule has 0 saturated carbocycles. The topological polar surface area (TPSA) is 43.3 Å². The molecule has 0 aliphatic heterocycles. The predicted octanol–water partition coefficient (Wildman–Crippen LogP) is 1.53. The highest BCUT2D eigenvalue weighted by Crippen LogP contribution is 2.17. The van der Waals surface area contributed by atoms with E-state index in [-0.39, 0.29) is 0 Å². The number of nitrogens with zero attached hydrogens (tertiary/aromatic N) is 2. The van der Waals surface area contributed by atoms with E-state index in [1.807, 2.05) is 36.7 Å². The summed E-state index contributed by atoms with van der Waals surface area (Å²) in [4.78, 5) is 4.22. The lowest BCUT2D eigenvalue weighted by atomic mass is 10.2. The third-order valence-electron chi connectivity index (χ3n) is 2.12. The van der Waals surface area contributed by atoms with Crippen LogP contribution in [-0.2, 0) is 0 Å². The van der Waals surface area contributed by atoms with Crippen molar-refractivity contribution in [1.29, 1.82) is 0 Å². The Balaban J connectivity index is 2.93. The first-order valence-corrected chi connectivity index (χ1v) is 3.89. The Morgan fingerprint density at radius 3 is 2.92 bits per heavy atom. The summed E-state index contributed by atoms with van der Waals surface area (Å²) in [6, 6.07) is 2.00. The second kappa shape index (κ2) is 2.24. The molecular weight excluding hydrogens is 150 g/mol. The first-order valence-electron chi connectivity index (χ1n) is 3.89. The van der Waals surface area contributed by atoms with Gasteiger partial charge in [0.15, 0.2) is 5.65 Å². The molecule has 0 atom stereocenters. The zero-order chi connectivity index (χ0) is 8.72. The van der Waals surface area contributed by atoms with Crippen molar-refractivity contribution in [1.82, 2.24) is 9.38 Å². The van der Waals surface area contributed by atoms with Gasteiger partial charge in [-0.2, -0.15) is 0 Å². The third-order valence-corrected chi connectivity index (χ3v) is 2.12. The maximum Gasteiger partial charge on any atom is 0.160 e. The molecule has 3 nitrogen and oxygen atoms in total. The van der Waals surface area contributed by atoms with E-state index < -0.39 is 0 Å². The first-order chi connectivity index (χ1) is 5.70. The van der Waals surface area contributed by atoms with Gasteiger partial charge in [0.1, 0.15) is 0 Å². The van der Waals surface area contributed by atoms with Crippen molar-refractivity contribution in [3.63, 3.8) is 0 Å². The van der Waals surface area contributed by atoms with Crippen molar-refractivity contribution in [2.75, 3.05) is 5.73 Å². The Morgan fingerprint density at radius 1 is 1.42 bits per heavy atom. The third kappa shape index (κ3) is 0.794. The molecule has 2 rings (SSSR count). The zero-order valence-electron chi connectivity index (χ0n) is 7.20. The molecule has 0 aliphatic carbocycles. The van der Waals surface area contributed by atoms with Crippen molar-refractivity contribution < 1.29 is 0 Å². The number of pyridine rings is 1. The van der Waals surface area contributed by atoms with Crippen molar-refractivity contribution >= 4 is 11.3 Å². The lowest BCUT2D eigenvalue weighted by molar-refractivity contribution is 1.10. The number of aromatic nitrogens is 2. The number of nitrogens with two attached hydrogens (primary N) is 1. The van der Waals surface area contributed by atoms with Crippen LogP contribution in [0.2, 0.25) is 0 Å². The van der Waals surface area contributed by atoms with E-state index in [1.165, 1.54) is 0 Å². The van der Waals surface area contributed by atoms with Crippen molar-refractivity contribution in [2.45, 2.75) is 13.8 Å². The smallest absolute Gasteiger partial charge is 0.160 e. The van der Waals surface area contributed by atoms with Gasteiger partial charge in [-0.25, -0.2) is 4.98 Å². The highest BCUT2D eigenvalue weighted by Gasteiger charge is 2.03. The number of fused-ring (bicyclic) bond motifs is 1. The quantitative estimate of drug-likeness (QED) is 0.636. The molecule has 0 bridgehead atoms. The SMILES string of the molecule is Cc1ccn2c(C)cnc2c1N. The highest BCUT2D eigenvalue weighted by molar-refractivity contribution is 5.68. The van der Waals surface area contributed by atoms with Crippen LogP contribution < -0.4 is 5.73 Å². The van der Waals surface area contributed by atoms with E-state index in [0.717, 1.165) is 22.6 Å². The minimum Gasteiger partial charge on any atom is -0.395 e. The van der Waals surface area contributed by atoms with Gasteiger partial charge in [0.05, 0.1) is 5.69 Å². The lowest BCUT2D eigenvalue weighted by Crippen LogP contribution is -1.96. The largest absolute Gasteiger partial charge is 0.395 e. The standard InChI is InChI=1S/C9H11N3/c1-6-3-4-12-7(2)5-11-9(12)8(6)10/h3-5H,10H2,1-2H3. The van der Waals surface area contributed by atoms with E-state index >= 15 is 0 Å². The van der Waals surface area contributed by atoms with Gasteiger partial charge in [-0.15, -0.1) is 0 Å². The number of aryl methyl sites for hydroxylation is 2. The number of anilines is 1. The fourth-order valence-corrected chi connectivity index (χ4v) is 1.29. The Hall–Kier alpha value is -1.51. The van der Waals surface area contributed by atoms with Crippen LogP contribution in [0.1, 0.15) is 11.3 Å². The Kier molecular flexibility index (Phi) is 1.33. The summed E-state index contributed by atoms with van der Waals surface area (Å²) < 4.78 is 1.99. The molecule has 2 heterocycles. The minimum absolute atomic E-state index is 0.769. The molecule has 62 valence electrons. The molecule has 0 aromatic carbocycles. The van der Waals surface area contributed by atoms with Gasteiger partial charge in [0.25, 0.3) is 0 Å². The number of nitrogen functional groups attached to an aromatic ring is 1. The molecule has 0 amide bonds. The van der Waals surface area contributed by atoms with Crippen molar-refractivity contribution in [3.05, 3.63) is 29.7 Å². The van der Waals surface area contributed by atoms with Crippen LogP contribution in [0.15, 0.2) is 18.5 Å². The van der Waals surface area contributed by atoms with Gasteiger partial charge in [-0.1, -0.05) is 0 Å². The predicted molar refractivity (Wildman–Crippen MR) is 49.1 cm³/mol. The molecule has 2 N–H and O–H groups in total. The van der Waals surface area contributed by atoms with E-state index in [4.69, 9.17) is 5.73 Å². The van der Waals surface area contributed by atoms with Gasteiger partial charge in [0.2, 0.25) is 0 Å². The molecular formula is C9H11N3. The van der Waals surface area contributed by atoms with E-state index in [2.05, 4.69) is 4.98 Å². The molecule has 0 aliphatic rings. The Labute approximate surface area is 70.8 Å². The fraction of sp³-hybridized carbons (Fsp3) is 0.222. The molecule has 3 heteroatoms. The summed E-state index contributed by atoms with van der Waals surface area (Å²) in [5, 5.41) is 0. The summed E-state index contributed by atoms with van der Waals surface area (Å²) in [6.07, 6.45) is 3.81. The average molecular weight is 161 g/mol. The molecule has 0 fully saturated rings. The van der Waals surface area contributed by atoms with Gasteiger partial charge in [-0.05, 0) is 25.5 Å². The normalized spacial score (nSPS) is 10.8. The number of imidazole rings is 1. The molecule has 0 saturated heterocycles. The highest BCUT2D eigenvalue weighted by atomic mass is 15.0. The van der Waals surface area contributed by atoms with Gasteiger partial charge < -0.3 is 10.1 Å². The Morgan fingerprint density at radius 2 is 2.17 bits per heavy atom. The Bertz CT molecular complexity index is 429. The summed E-state index contributed by atoms with van der Waals surface area (Å²) >= 11 is 0. The van der Waals surface area contributed by atoms with Gasteiger partial charge >= 0.3 is 0 Å². The van der Waals surface area contributed by atoms with Crippen LogP contribution in [-0.4, -0.2) is 9.38 Å². The number of hydrogen-bond acceptors (Lipinski definition) is 2. The number of rotatable bonds is 0. The van der Waals surface area contributed by atoms with Crippen LogP contribution in [0.4, 0.5) is 5.69 Å². The second-order valence-corrected chi connectivity index (χ2v) is 3.01. The molecule has 0 unspecified atom stereocenters. The first kappa shape index (κ1) is 7.16. The van der Waals surface area contributed by atoms with E-state index in [0.29, 0.717) is 0 Å². The van der Waals surface area contributed by atoms with E-state index in [9.17, 15) is 0 Å². The molecule has 12 heavy (non-hydrogen) atoms. The molecule has 2 aromatic heterocycles.